The van der Waals surface area contributed by atoms with E-state index < -0.39 is 41.0 Å². The van der Waals surface area contributed by atoms with Crippen molar-refractivity contribution in [1.82, 2.24) is 5.32 Å². The number of benzene rings is 2. The molecule has 0 aliphatic rings. The van der Waals surface area contributed by atoms with Crippen molar-refractivity contribution in [3.63, 3.8) is 0 Å². The summed E-state index contributed by atoms with van der Waals surface area (Å²) in [6.07, 6.45) is 0. The van der Waals surface area contributed by atoms with E-state index in [2.05, 4.69) is 5.32 Å². The minimum absolute atomic E-state index is 0.174. The normalized spacial score (nSPS) is 11.3. The van der Waals surface area contributed by atoms with E-state index in [1.54, 1.807) is 39.0 Å². The summed E-state index contributed by atoms with van der Waals surface area (Å²) in [4.78, 5) is 36.8. The number of aryl methyl sites for hydroxylation is 1. The fourth-order valence-corrected chi connectivity index (χ4v) is 2.99. The third-order valence-electron chi connectivity index (χ3n) is 4.31. The molecule has 0 spiro atoms. The molecule has 2 aromatic carbocycles. The lowest BCUT2D eigenvalue weighted by Gasteiger charge is -2.19. The van der Waals surface area contributed by atoms with Crippen LogP contribution in [0.2, 0.25) is 0 Å². The van der Waals surface area contributed by atoms with E-state index in [1.165, 1.54) is 0 Å². The molecule has 156 valence electrons. The summed E-state index contributed by atoms with van der Waals surface area (Å²) in [5.74, 6) is -2.09. The fourth-order valence-electron chi connectivity index (χ4n) is 2.99. The Morgan fingerprint density at radius 1 is 1.10 bits per heavy atom. The second kappa shape index (κ2) is 8.02. The number of para-hydroxylation sites is 1. The van der Waals surface area contributed by atoms with Gasteiger partial charge in [0.1, 0.15) is 23.5 Å². The van der Waals surface area contributed by atoms with E-state index in [1.807, 2.05) is 31.2 Å². The summed E-state index contributed by atoms with van der Waals surface area (Å²) >= 11 is 0. The van der Waals surface area contributed by atoms with Crippen LogP contribution >= 0.6 is 0 Å². The van der Waals surface area contributed by atoms with Gasteiger partial charge in [-0.25, -0.2) is 4.79 Å². The zero-order chi connectivity index (χ0) is 22.1. The zero-order valence-corrected chi connectivity index (χ0v) is 17.2. The monoisotopic (exact) mass is 409 g/mol. The van der Waals surface area contributed by atoms with Crippen LogP contribution in [-0.2, 0) is 9.53 Å². The number of amides is 1. The van der Waals surface area contributed by atoms with Gasteiger partial charge in [-0.3, -0.25) is 9.59 Å². The van der Waals surface area contributed by atoms with Crippen molar-refractivity contribution < 1.29 is 23.8 Å². The van der Waals surface area contributed by atoms with E-state index in [4.69, 9.17) is 9.15 Å². The molecule has 0 fully saturated rings. The average Bonchev–Trinajstić information content (AvgIpc) is 2.65. The van der Waals surface area contributed by atoms with Gasteiger partial charge in [0.25, 0.3) is 5.91 Å². The quantitative estimate of drug-likeness (QED) is 0.504. The summed E-state index contributed by atoms with van der Waals surface area (Å²) in [6.45, 7) is 6.60. The van der Waals surface area contributed by atoms with E-state index in [-0.39, 0.29) is 11.0 Å². The van der Waals surface area contributed by atoms with Gasteiger partial charge in [0.15, 0.2) is 5.56 Å². The van der Waals surface area contributed by atoms with E-state index in [9.17, 15) is 19.5 Å². The van der Waals surface area contributed by atoms with Crippen molar-refractivity contribution in [3.8, 4) is 16.9 Å². The molecule has 2 N–H and O–H groups in total. The van der Waals surface area contributed by atoms with Gasteiger partial charge in [-0.2, -0.15) is 0 Å². The predicted octanol–water partition coefficient (Wildman–Crippen LogP) is 3.55. The largest absolute Gasteiger partial charge is 0.506 e. The molecule has 7 heteroatoms. The lowest BCUT2D eigenvalue weighted by molar-refractivity contribution is -0.153. The maximum Gasteiger partial charge on any atom is 0.353 e. The molecule has 1 heterocycles. The third kappa shape index (κ3) is 4.51. The minimum atomic E-state index is -0.999. The molecule has 30 heavy (non-hydrogen) atoms. The molecule has 0 saturated heterocycles. The van der Waals surface area contributed by atoms with E-state index in [0.717, 1.165) is 11.1 Å². The minimum Gasteiger partial charge on any atom is -0.506 e. The van der Waals surface area contributed by atoms with Crippen LogP contribution in [0.25, 0.3) is 22.1 Å². The third-order valence-corrected chi connectivity index (χ3v) is 4.31. The summed E-state index contributed by atoms with van der Waals surface area (Å²) in [5, 5.41) is 13.1. The Labute approximate surface area is 173 Å². The first-order chi connectivity index (χ1) is 14.1. The summed E-state index contributed by atoms with van der Waals surface area (Å²) in [6, 6.07) is 12.6. The highest BCUT2D eigenvalue weighted by molar-refractivity contribution is 6.04. The van der Waals surface area contributed by atoms with E-state index in [0.29, 0.717) is 5.56 Å². The number of fused-ring (bicyclic) bond motifs is 1. The number of carbonyl (C=O) groups is 2. The Morgan fingerprint density at radius 2 is 1.77 bits per heavy atom. The van der Waals surface area contributed by atoms with Crippen molar-refractivity contribution in [1.29, 1.82) is 0 Å². The van der Waals surface area contributed by atoms with Crippen LogP contribution in [0.1, 0.15) is 36.7 Å². The zero-order valence-electron chi connectivity index (χ0n) is 17.2. The number of aromatic hydroxyl groups is 1. The number of rotatable bonds is 4. The predicted molar refractivity (Wildman–Crippen MR) is 113 cm³/mol. The number of hydrogen-bond acceptors (Lipinski definition) is 6. The average molecular weight is 409 g/mol. The molecule has 0 radical (unpaired) electrons. The van der Waals surface area contributed by atoms with Crippen molar-refractivity contribution in [2.45, 2.75) is 33.3 Å². The number of hydrogen-bond donors (Lipinski definition) is 2. The van der Waals surface area contributed by atoms with Crippen LogP contribution in [0.4, 0.5) is 0 Å². The maximum absolute atomic E-state index is 12.5. The molecule has 0 saturated carbocycles. The lowest BCUT2D eigenvalue weighted by Crippen LogP contribution is -2.36. The Hall–Kier alpha value is -3.61. The van der Waals surface area contributed by atoms with Gasteiger partial charge in [-0.1, -0.05) is 42.0 Å². The van der Waals surface area contributed by atoms with Gasteiger partial charge in [-0.15, -0.1) is 0 Å². The Kier molecular flexibility index (Phi) is 5.64. The number of nitrogens with one attached hydrogen (secondary N) is 1. The second-order valence-corrected chi connectivity index (χ2v) is 7.93. The smallest absolute Gasteiger partial charge is 0.353 e. The molecule has 3 aromatic rings. The van der Waals surface area contributed by atoms with Gasteiger partial charge in [0.2, 0.25) is 0 Å². The highest BCUT2D eigenvalue weighted by Crippen LogP contribution is 2.33. The molecule has 0 unspecified atom stereocenters. The van der Waals surface area contributed by atoms with Crippen molar-refractivity contribution >= 4 is 22.8 Å². The number of ether oxygens (including phenoxy) is 1. The van der Waals surface area contributed by atoms with Crippen LogP contribution in [0.15, 0.2) is 51.7 Å². The van der Waals surface area contributed by atoms with Gasteiger partial charge >= 0.3 is 11.6 Å². The molecule has 1 amide bonds. The summed E-state index contributed by atoms with van der Waals surface area (Å²) < 4.78 is 10.5. The molecular formula is C23H23NO6. The number of carbonyl (C=O) groups excluding carboxylic acids is 2. The standard InChI is InChI=1S/C23H23NO6/c1-13-8-10-14(11-9-13)15-6-5-7-16-19(26)18(22(28)29-20(15)16)21(27)24-12-17(25)30-23(2,3)4/h5-11,26H,12H2,1-4H3,(H,24,27). The van der Waals surface area contributed by atoms with Crippen LogP contribution in [0, 0.1) is 6.92 Å². The van der Waals surface area contributed by atoms with Crippen LogP contribution in [0.3, 0.4) is 0 Å². The van der Waals surface area contributed by atoms with Crippen LogP contribution < -0.4 is 10.9 Å². The highest BCUT2D eigenvalue weighted by Gasteiger charge is 2.24. The molecule has 1 aromatic heterocycles. The maximum atomic E-state index is 12.5. The molecule has 0 bridgehead atoms. The summed E-state index contributed by atoms with van der Waals surface area (Å²) in [7, 11) is 0. The fraction of sp³-hybridized carbons (Fsp3) is 0.261. The first kappa shape index (κ1) is 21.1. The number of esters is 1. The Bertz CT molecular complexity index is 1170. The molecule has 0 atom stereocenters. The highest BCUT2D eigenvalue weighted by atomic mass is 16.6. The molecular weight excluding hydrogens is 386 g/mol. The summed E-state index contributed by atoms with van der Waals surface area (Å²) in [5.41, 5.74) is 0.391. The Balaban J connectivity index is 1.96. The van der Waals surface area contributed by atoms with Crippen molar-refractivity contribution in [2.75, 3.05) is 6.54 Å². The molecule has 7 nitrogen and oxygen atoms in total. The van der Waals surface area contributed by atoms with Gasteiger partial charge in [0, 0.05) is 5.56 Å². The molecule has 0 aliphatic carbocycles. The lowest BCUT2D eigenvalue weighted by atomic mass is 10.0. The SMILES string of the molecule is Cc1ccc(-c2cccc3c(O)c(C(=O)NCC(=O)OC(C)(C)C)c(=O)oc23)cc1. The van der Waals surface area contributed by atoms with Crippen molar-refractivity contribution in [3.05, 3.63) is 64.0 Å². The first-order valence-electron chi connectivity index (χ1n) is 9.42. The first-order valence-corrected chi connectivity index (χ1v) is 9.42. The molecule has 0 aliphatic heterocycles. The van der Waals surface area contributed by atoms with Gasteiger partial charge in [0.05, 0.1) is 5.39 Å². The van der Waals surface area contributed by atoms with Crippen molar-refractivity contribution in [2.24, 2.45) is 0 Å². The van der Waals surface area contributed by atoms with Gasteiger partial charge in [-0.05, 0) is 39.3 Å². The van der Waals surface area contributed by atoms with Gasteiger partial charge < -0.3 is 19.6 Å². The topological polar surface area (TPSA) is 106 Å². The second-order valence-electron chi connectivity index (χ2n) is 7.93. The molecule has 3 rings (SSSR count). The van der Waals surface area contributed by atoms with Crippen LogP contribution in [0.5, 0.6) is 5.75 Å². The van der Waals surface area contributed by atoms with Crippen LogP contribution in [-0.4, -0.2) is 29.1 Å². The Morgan fingerprint density at radius 3 is 2.40 bits per heavy atom. The van der Waals surface area contributed by atoms with E-state index >= 15 is 0 Å².